The van der Waals surface area contributed by atoms with E-state index in [1.807, 2.05) is 0 Å². The van der Waals surface area contributed by atoms with Crippen molar-refractivity contribution in [3.8, 4) is 0 Å². The maximum atomic E-state index is 6.32. The monoisotopic (exact) mass is 334 g/mol. The van der Waals surface area contributed by atoms with E-state index in [9.17, 15) is 0 Å². The van der Waals surface area contributed by atoms with Crippen LogP contribution >= 0.6 is 0 Å². The van der Waals surface area contributed by atoms with E-state index in [4.69, 9.17) is 4.42 Å². The summed E-state index contributed by atoms with van der Waals surface area (Å²) >= 11 is 0. The molecule has 2 aromatic carbocycles. The Labute approximate surface area is 151 Å². The highest BCUT2D eigenvalue weighted by molar-refractivity contribution is 6.08. The van der Waals surface area contributed by atoms with Crippen LogP contribution in [0.1, 0.15) is 78.0 Å². The molecule has 25 heavy (non-hydrogen) atoms. The molecule has 0 aliphatic heterocycles. The van der Waals surface area contributed by atoms with E-state index in [-0.39, 0.29) is 16.2 Å². The average molecular weight is 335 g/mol. The maximum Gasteiger partial charge on any atom is 0.135 e. The van der Waals surface area contributed by atoms with Crippen molar-refractivity contribution in [2.45, 2.75) is 77.6 Å². The van der Waals surface area contributed by atoms with Crippen LogP contribution in [-0.2, 0) is 16.2 Å². The van der Waals surface area contributed by atoms with E-state index in [1.165, 1.54) is 40.3 Å². The van der Waals surface area contributed by atoms with Crippen LogP contribution in [0.3, 0.4) is 0 Å². The Morgan fingerprint density at radius 3 is 2.20 bits per heavy atom. The summed E-state index contributed by atoms with van der Waals surface area (Å²) in [6.07, 6.45) is 2.46. The van der Waals surface area contributed by atoms with Crippen molar-refractivity contribution in [1.29, 1.82) is 0 Å². The van der Waals surface area contributed by atoms with Gasteiger partial charge in [0.2, 0.25) is 0 Å². The second-order valence-corrected chi connectivity index (χ2v) is 10.2. The highest BCUT2D eigenvalue weighted by Gasteiger charge is 2.39. The van der Waals surface area contributed by atoms with E-state index >= 15 is 0 Å². The lowest BCUT2D eigenvalue weighted by atomic mass is 9.62. The molecule has 1 heteroatoms. The van der Waals surface area contributed by atoms with Gasteiger partial charge in [-0.05, 0) is 57.9 Å². The summed E-state index contributed by atoms with van der Waals surface area (Å²) in [6, 6.07) is 11.3. The molecule has 3 aromatic rings. The zero-order valence-corrected chi connectivity index (χ0v) is 16.7. The molecule has 0 saturated carbocycles. The minimum atomic E-state index is 0.133. The lowest BCUT2D eigenvalue weighted by Crippen LogP contribution is -2.33. The Bertz CT molecular complexity index is 976. The van der Waals surface area contributed by atoms with Gasteiger partial charge in [0.05, 0.1) is 0 Å². The predicted molar refractivity (Wildman–Crippen MR) is 108 cm³/mol. The van der Waals surface area contributed by atoms with E-state index in [0.717, 1.165) is 11.2 Å². The minimum absolute atomic E-state index is 0.133. The first-order chi connectivity index (χ1) is 11.5. The maximum absolute atomic E-state index is 6.32. The zero-order valence-electron chi connectivity index (χ0n) is 16.7. The van der Waals surface area contributed by atoms with Crippen molar-refractivity contribution in [3.63, 3.8) is 0 Å². The molecular formula is C24H30O. The molecule has 0 spiro atoms. The number of fused-ring (bicyclic) bond motifs is 5. The van der Waals surface area contributed by atoms with E-state index in [1.54, 1.807) is 0 Å². The Morgan fingerprint density at radius 2 is 1.52 bits per heavy atom. The molecule has 0 unspecified atom stereocenters. The zero-order chi connectivity index (χ0) is 18.2. The number of hydrogen-bond acceptors (Lipinski definition) is 1. The SMILES string of the molecule is CC(C)(C)c1ccc2c(c1)oc1ccc3c(c12)C(C)(C)CCC3(C)C. The van der Waals surface area contributed by atoms with Crippen molar-refractivity contribution in [2.75, 3.05) is 0 Å². The van der Waals surface area contributed by atoms with Gasteiger partial charge in [0.15, 0.2) is 0 Å². The van der Waals surface area contributed by atoms with Crippen LogP contribution in [-0.4, -0.2) is 0 Å². The molecule has 0 amide bonds. The molecule has 1 aromatic heterocycles. The van der Waals surface area contributed by atoms with E-state index < -0.39 is 0 Å². The van der Waals surface area contributed by atoms with Gasteiger partial charge in [-0.2, -0.15) is 0 Å². The van der Waals surface area contributed by atoms with Gasteiger partial charge in [0.25, 0.3) is 0 Å². The second kappa shape index (κ2) is 4.90. The molecule has 0 atom stereocenters. The molecule has 0 bridgehead atoms. The number of furan rings is 1. The number of rotatable bonds is 0. The summed E-state index contributed by atoms with van der Waals surface area (Å²) < 4.78 is 6.32. The highest BCUT2D eigenvalue weighted by Crippen LogP contribution is 2.50. The van der Waals surface area contributed by atoms with E-state index in [0.29, 0.717) is 0 Å². The first kappa shape index (κ1) is 16.7. The molecule has 1 aliphatic rings. The molecule has 1 nitrogen and oxygen atoms in total. The lowest BCUT2D eigenvalue weighted by Gasteiger charge is -2.42. The molecular weight excluding hydrogens is 304 g/mol. The molecule has 132 valence electrons. The van der Waals surface area contributed by atoms with Crippen molar-refractivity contribution < 1.29 is 4.42 Å². The van der Waals surface area contributed by atoms with Crippen LogP contribution in [0.5, 0.6) is 0 Å². The average Bonchev–Trinajstić information content (AvgIpc) is 2.88. The molecule has 0 N–H and O–H groups in total. The third-order valence-electron chi connectivity index (χ3n) is 6.28. The van der Waals surface area contributed by atoms with E-state index in [2.05, 4.69) is 78.8 Å². The first-order valence-electron chi connectivity index (χ1n) is 9.51. The van der Waals surface area contributed by atoms with Crippen molar-refractivity contribution >= 4 is 21.9 Å². The summed E-state index contributed by atoms with van der Waals surface area (Å²) in [5, 5.41) is 2.61. The minimum Gasteiger partial charge on any atom is -0.456 e. The third kappa shape index (κ3) is 2.43. The number of benzene rings is 2. The van der Waals surface area contributed by atoms with Crippen molar-refractivity contribution in [2.24, 2.45) is 0 Å². The van der Waals surface area contributed by atoms with Crippen LogP contribution < -0.4 is 0 Å². The third-order valence-corrected chi connectivity index (χ3v) is 6.28. The quantitative estimate of drug-likeness (QED) is 0.422. The lowest BCUT2D eigenvalue weighted by molar-refractivity contribution is 0.334. The van der Waals surface area contributed by atoms with Gasteiger partial charge in [-0.3, -0.25) is 0 Å². The summed E-state index contributed by atoms with van der Waals surface area (Å²) in [7, 11) is 0. The van der Waals surface area contributed by atoms with Gasteiger partial charge in [0, 0.05) is 10.8 Å². The Balaban J connectivity index is 2.10. The topological polar surface area (TPSA) is 13.1 Å². The normalized spacial score (nSPS) is 19.3. The summed E-state index contributed by atoms with van der Waals surface area (Å²) in [6.45, 7) is 16.3. The van der Waals surface area contributed by atoms with Crippen LogP contribution in [0.4, 0.5) is 0 Å². The molecule has 1 aliphatic carbocycles. The van der Waals surface area contributed by atoms with Gasteiger partial charge in [-0.1, -0.05) is 66.7 Å². The summed E-state index contributed by atoms with van der Waals surface area (Å²) in [5.41, 5.74) is 6.93. The molecule has 1 heterocycles. The molecule has 0 radical (unpaired) electrons. The number of hydrogen-bond donors (Lipinski definition) is 0. The summed E-state index contributed by atoms with van der Waals surface area (Å²) in [5.74, 6) is 0. The smallest absolute Gasteiger partial charge is 0.135 e. The fourth-order valence-corrected chi connectivity index (χ4v) is 4.49. The van der Waals surface area contributed by atoms with Crippen LogP contribution in [0.25, 0.3) is 21.9 Å². The fourth-order valence-electron chi connectivity index (χ4n) is 4.49. The largest absolute Gasteiger partial charge is 0.456 e. The Morgan fingerprint density at radius 1 is 0.840 bits per heavy atom. The van der Waals surface area contributed by atoms with Crippen molar-refractivity contribution in [3.05, 3.63) is 47.0 Å². The molecule has 0 fully saturated rings. The highest BCUT2D eigenvalue weighted by atomic mass is 16.3. The van der Waals surface area contributed by atoms with Gasteiger partial charge in [-0.25, -0.2) is 0 Å². The van der Waals surface area contributed by atoms with Gasteiger partial charge < -0.3 is 4.42 Å². The standard InChI is InChI=1S/C24H30O/c1-22(2,3)15-8-9-16-19(14-15)25-18-11-10-17-21(20(16)18)24(6,7)13-12-23(17,4)5/h8-11,14H,12-13H2,1-7H3. The summed E-state index contributed by atoms with van der Waals surface area (Å²) in [4.78, 5) is 0. The second-order valence-electron chi connectivity index (χ2n) is 10.2. The van der Waals surface area contributed by atoms with Crippen LogP contribution in [0.15, 0.2) is 34.7 Å². The van der Waals surface area contributed by atoms with Gasteiger partial charge in [-0.15, -0.1) is 0 Å². The Hall–Kier alpha value is -1.76. The molecule has 0 saturated heterocycles. The first-order valence-corrected chi connectivity index (χ1v) is 9.51. The Kier molecular flexibility index (Phi) is 3.27. The predicted octanol–water partition coefficient (Wildman–Crippen LogP) is 7.23. The van der Waals surface area contributed by atoms with Gasteiger partial charge >= 0.3 is 0 Å². The van der Waals surface area contributed by atoms with Crippen molar-refractivity contribution in [1.82, 2.24) is 0 Å². The molecule has 4 rings (SSSR count). The van der Waals surface area contributed by atoms with Crippen LogP contribution in [0, 0.1) is 0 Å². The van der Waals surface area contributed by atoms with Gasteiger partial charge in [0.1, 0.15) is 11.2 Å². The van der Waals surface area contributed by atoms with Crippen LogP contribution in [0.2, 0.25) is 0 Å². The fraction of sp³-hybridized carbons (Fsp3) is 0.500.